The zero-order valence-electron chi connectivity index (χ0n) is 8.81. The molecule has 0 radical (unpaired) electrons. The highest BCUT2D eigenvalue weighted by atomic mass is 16.5. The van der Waals surface area contributed by atoms with Crippen LogP contribution in [0.5, 0.6) is 0 Å². The van der Waals surface area contributed by atoms with Crippen molar-refractivity contribution >= 4 is 0 Å². The lowest BCUT2D eigenvalue weighted by Gasteiger charge is -2.18. The van der Waals surface area contributed by atoms with Gasteiger partial charge in [0, 0.05) is 13.7 Å². The Morgan fingerprint density at radius 1 is 1.29 bits per heavy atom. The van der Waals surface area contributed by atoms with Crippen molar-refractivity contribution in [1.29, 1.82) is 0 Å². The molecule has 2 heteroatoms. The lowest BCUT2D eigenvalue weighted by molar-refractivity contribution is 0.0886. The van der Waals surface area contributed by atoms with Gasteiger partial charge in [-0.1, -0.05) is 37.3 Å². The minimum absolute atomic E-state index is 0.234. The van der Waals surface area contributed by atoms with Crippen LogP contribution >= 0.6 is 0 Å². The lowest BCUT2D eigenvalue weighted by Crippen LogP contribution is -2.11. The molecule has 0 aliphatic carbocycles. The summed E-state index contributed by atoms with van der Waals surface area (Å²) in [7, 11) is 1.68. The van der Waals surface area contributed by atoms with Crippen LogP contribution in [0.3, 0.4) is 0 Å². The molecule has 0 amide bonds. The molecular weight excluding hydrogens is 176 g/mol. The van der Waals surface area contributed by atoms with Gasteiger partial charge in [0.1, 0.15) is 0 Å². The van der Waals surface area contributed by atoms with Crippen LogP contribution in [-0.2, 0) is 4.74 Å². The van der Waals surface area contributed by atoms with Gasteiger partial charge < -0.3 is 9.84 Å². The van der Waals surface area contributed by atoms with Crippen LogP contribution in [0.25, 0.3) is 0 Å². The van der Waals surface area contributed by atoms with Crippen LogP contribution in [0, 0.1) is 5.92 Å². The summed E-state index contributed by atoms with van der Waals surface area (Å²) in [5.74, 6) is 0.234. The van der Waals surface area contributed by atoms with E-state index in [0.29, 0.717) is 6.61 Å². The summed E-state index contributed by atoms with van der Waals surface area (Å²) >= 11 is 0. The normalized spacial score (nSPS) is 15.1. The molecule has 1 rings (SSSR count). The summed E-state index contributed by atoms with van der Waals surface area (Å²) in [4.78, 5) is 0. The van der Waals surface area contributed by atoms with E-state index in [1.54, 1.807) is 7.11 Å². The molecule has 1 N–H and O–H groups in total. The summed E-state index contributed by atoms with van der Waals surface area (Å²) in [6, 6.07) is 9.75. The highest BCUT2D eigenvalue weighted by Gasteiger charge is 2.15. The Morgan fingerprint density at radius 2 is 1.93 bits per heavy atom. The third-order valence-corrected chi connectivity index (χ3v) is 2.46. The van der Waals surface area contributed by atoms with Crippen LogP contribution < -0.4 is 0 Å². The Labute approximate surface area is 85.5 Å². The Morgan fingerprint density at radius 3 is 2.50 bits per heavy atom. The first-order valence-corrected chi connectivity index (χ1v) is 4.97. The van der Waals surface area contributed by atoms with Crippen molar-refractivity contribution in [2.45, 2.75) is 19.4 Å². The molecule has 0 aliphatic heterocycles. The number of hydrogen-bond donors (Lipinski definition) is 1. The molecule has 0 saturated carbocycles. The van der Waals surface area contributed by atoms with Crippen molar-refractivity contribution in [1.82, 2.24) is 0 Å². The Balaban J connectivity index is 2.52. The average Bonchev–Trinajstić information content (AvgIpc) is 2.26. The summed E-state index contributed by atoms with van der Waals surface area (Å²) in [5, 5.41) is 9.96. The van der Waals surface area contributed by atoms with E-state index >= 15 is 0 Å². The molecule has 2 unspecified atom stereocenters. The van der Waals surface area contributed by atoms with Crippen LogP contribution in [0.2, 0.25) is 0 Å². The maximum Gasteiger partial charge on any atom is 0.0816 e. The molecule has 0 spiro atoms. The maximum absolute atomic E-state index is 9.96. The van der Waals surface area contributed by atoms with E-state index in [2.05, 4.69) is 0 Å². The predicted octanol–water partition coefficient (Wildman–Crippen LogP) is 2.39. The molecular formula is C12H18O2. The lowest BCUT2D eigenvalue weighted by atomic mass is 9.95. The SMILES string of the molecule is COCCC(C)C(O)c1ccccc1. The van der Waals surface area contributed by atoms with Crippen LogP contribution in [0.15, 0.2) is 30.3 Å². The average molecular weight is 194 g/mol. The number of aliphatic hydroxyl groups is 1. The number of benzene rings is 1. The van der Waals surface area contributed by atoms with Gasteiger partial charge in [0.2, 0.25) is 0 Å². The van der Waals surface area contributed by atoms with Gasteiger partial charge in [-0.2, -0.15) is 0 Å². The van der Waals surface area contributed by atoms with E-state index in [1.165, 1.54) is 0 Å². The number of hydrogen-bond acceptors (Lipinski definition) is 2. The molecule has 0 heterocycles. The Hall–Kier alpha value is -0.860. The second-order valence-corrected chi connectivity index (χ2v) is 3.61. The van der Waals surface area contributed by atoms with E-state index in [0.717, 1.165) is 12.0 Å². The van der Waals surface area contributed by atoms with Crippen molar-refractivity contribution in [3.63, 3.8) is 0 Å². The van der Waals surface area contributed by atoms with Gasteiger partial charge >= 0.3 is 0 Å². The van der Waals surface area contributed by atoms with Gasteiger partial charge in [0.05, 0.1) is 6.10 Å². The predicted molar refractivity (Wildman–Crippen MR) is 57.1 cm³/mol. The van der Waals surface area contributed by atoms with E-state index in [9.17, 15) is 5.11 Å². The second-order valence-electron chi connectivity index (χ2n) is 3.61. The second kappa shape index (κ2) is 5.78. The standard InChI is InChI=1S/C12H18O2/c1-10(8-9-14-2)12(13)11-6-4-3-5-7-11/h3-7,10,12-13H,8-9H2,1-2H3. The van der Waals surface area contributed by atoms with Crippen molar-refractivity contribution in [2.24, 2.45) is 5.92 Å². The summed E-state index contributed by atoms with van der Waals surface area (Å²) in [5.41, 5.74) is 0.983. The molecule has 2 nitrogen and oxygen atoms in total. The van der Waals surface area contributed by atoms with E-state index in [4.69, 9.17) is 4.74 Å². The van der Waals surface area contributed by atoms with Gasteiger partial charge in [-0.05, 0) is 17.9 Å². The monoisotopic (exact) mass is 194 g/mol. The molecule has 14 heavy (non-hydrogen) atoms. The van der Waals surface area contributed by atoms with Crippen LogP contribution in [0.4, 0.5) is 0 Å². The molecule has 0 fully saturated rings. The molecule has 2 atom stereocenters. The Kier molecular flexibility index (Phi) is 4.63. The fraction of sp³-hybridized carbons (Fsp3) is 0.500. The van der Waals surface area contributed by atoms with Crippen molar-refractivity contribution < 1.29 is 9.84 Å². The van der Waals surface area contributed by atoms with Gasteiger partial charge in [0.25, 0.3) is 0 Å². The number of methoxy groups -OCH3 is 1. The van der Waals surface area contributed by atoms with Gasteiger partial charge in [-0.25, -0.2) is 0 Å². The van der Waals surface area contributed by atoms with E-state index in [-0.39, 0.29) is 12.0 Å². The van der Waals surface area contributed by atoms with E-state index < -0.39 is 0 Å². The van der Waals surface area contributed by atoms with Crippen molar-refractivity contribution in [2.75, 3.05) is 13.7 Å². The van der Waals surface area contributed by atoms with Gasteiger partial charge in [0.15, 0.2) is 0 Å². The molecule has 78 valence electrons. The van der Waals surface area contributed by atoms with Gasteiger partial charge in [-0.3, -0.25) is 0 Å². The van der Waals surface area contributed by atoms with Crippen LogP contribution in [0.1, 0.15) is 25.0 Å². The Bertz CT molecular complexity index is 246. The third kappa shape index (κ3) is 3.13. The first kappa shape index (κ1) is 11.2. The van der Waals surface area contributed by atoms with Crippen molar-refractivity contribution in [3.8, 4) is 0 Å². The molecule has 0 saturated heterocycles. The minimum atomic E-state index is -0.383. The quantitative estimate of drug-likeness (QED) is 0.780. The third-order valence-electron chi connectivity index (χ3n) is 2.46. The maximum atomic E-state index is 9.96. The van der Waals surface area contributed by atoms with Crippen molar-refractivity contribution in [3.05, 3.63) is 35.9 Å². The number of aliphatic hydroxyl groups excluding tert-OH is 1. The molecule has 0 aromatic heterocycles. The first-order valence-electron chi connectivity index (χ1n) is 4.97. The number of ether oxygens (including phenoxy) is 1. The fourth-order valence-corrected chi connectivity index (χ4v) is 1.44. The zero-order chi connectivity index (χ0) is 10.4. The summed E-state index contributed by atoms with van der Waals surface area (Å²) in [6.07, 6.45) is 0.498. The topological polar surface area (TPSA) is 29.5 Å². The fourth-order valence-electron chi connectivity index (χ4n) is 1.44. The molecule has 0 aliphatic rings. The van der Waals surface area contributed by atoms with E-state index in [1.807, 2.05) is 37.3 Å². The molecule has 0 bridgehead atoms. The zero-order valence-corrected chi connectivity index (χ0v) is 8.81. The number of rotatable bonds is 5. The summed E-state index contributed by atoms with van der Waals surface area (Å²) in [6.45, 7) is 2.74. The summed E-state index contributed by atoms with van der Waals surface area (Å²) < 4.78 is 4.99. The smallest absolute Gasteiger partial charge is 0.0816 e. The van der Waals surface area contributed by atoms with Crippen LogP contribution in [-0.4, -0.2) is 18.8 Å². The minimum Gasteiger partial charge on any atom is -0.388 e. The molecule has 1 aromatic rings. The highest BCUT2D eigenvalue weighted by molar-refractivity contribution is 5.17. The molecule has 1 aromatic carbocycles. The first-order chi connectivity index (χ1) is 6.75. The van der Waals surface area contributed by atoms with Gasteiger partial charge in [-0.15, -0.1) is 0 Å². The highest BCUT2D eigenvalue weighted by Crippen LogP contribution is 2.23. The largest absolute Gasteiger partial charge is 0.388 e.